The summed E-state index contributed by atoms with van der Waals surface area (Å²) in [5.74, 6) is 1.12. The molecule has 3 aromatic rings. The molecule has 0 unspecified atom stereocenters. The first-order valence-corrected chi connectivity index (χ1v) is 7.70. The van der Waals surface area contributed by atoms with Crippen molar-refractivity contribution in [2.75, 3.05) is 11.1 Å². The standard InChI is InChI=1S/C16H16ClN5/c1-8-12-14(18)21-22-15(12)20-16(13(8)17)19-11-7-3-5-9-4-2-6-10(9)11/h3,5,7H,2,4,6H2,1H3,(H4,18,19,20,21,22). The van der Waals surface area contributed by atoms with E-state index < -0.39 is 0 Å². The first-order valence-electron chi connectivity index (χ1n) is 7.32. The van der Waals surface area contributed by atoms with E-state index in [9.17, 15) is 0 Å². The Bertz CT molecular complexity index is 884. The van der Waals surface area contributed by atoms with E-state index in [1.807, 2.05) is 6.92 Å². The molecule has 6 heteroatoms. The van der Waals surface area contributed by atoms with Crippen LogP contribution in [0.5, 0.6) is 0 Å². The Balaban J connectivity index is 1.83. The van der Waals surface area contributed by atoms with Crippen molar-refractivity contribution in [3.63, 3.8) is 0 Å². The van der Waals surface area contributed by atoms with Crippen LogP contribution in [0.25, 0.3) is 11.0 Å². The number of fused-ring (bicyclic) bond motifs is 2. The third-order valence-electron chi connectivity index (χ3n) is 4.30. The average molecular weight is 314 g/mol. The highest BCUT2D eigenvalue weighted by atomic mass is 35.5. The van der Waals surface area contributed by atoms with E-state index in [-0.39, 0.29) is 0 Å². The summed E-state index contributed by atoms with van der Waals surface area (Å²) in [5.41, 5.74) is 11.2. The minimum absolute atomic E-state index is 0.494. The minimum atomic E-state index is 0.494. The summed E-state index contributed by atoms with van der Waals surface area (Å²) in [6.07, 6.45) is 3.43. The van der Waals surface area contributed by atoms with E-state index in [0.29, 0.717) is 22.3 Å². The van der Waals surface area contributed by atoms with E-state index in [0.717, 1.165) is 29.5 Å². The first-order chi connectivity index (χ1) is 10.6. The van der Waals surface area contributed by atoms with Crippen molar-refractivity contribution >= 4 is 40.0 Å². The van der Waals surface area contributed by atoms with Crippen molar-refractivity contribution in [3.05, 3.63) is 39.9 Å². The average Bonchev–Trinajstić information content (AvgIpc) is 3.12. The highest BCUT2D eigenvalue weighted by Gasteiger charge is 2.18. The number of hydrogen-bond acceptors (Lipinski definition) is 4. The van der Waals surface area contributed by atoms with Crippen LogP contribution in [0.1, 0.15) is 23.1 Å². The Morgan fingerprint density at radius 2 is 2.18 bits per heavy atom. The van der Waals surface area contributed by atoms with Gasteiger partial charge >= 0.3 is 0 Å². The Labute approximate surface area is 132 Å². The number of nitrogens with zero attached hydrogens (tertiary/aromatic N) is 2. The van der Waals surface area contributed by atoms with Crippen molar-refractivity contribution in [1.29, 1.82) is 0 Å². The van der Waals surface area contributed by atoms with Crippen LogP contribution in [0.3, 0.4) is 0 Å². The number of H-pyrrole nitrogens is 1. The molecule has 0 spiro atoms. The normalized spacial score (nSPS) is 13.5. The molecule has 112 valence electrons. The van der Waals surface area contributed by atoms with E-state index >= 15 is 0 Å². The number of rotatable bonds is 2. The Kier molecular flexibility index (Phi) is 2.97. The topological polar surface area (TPSA) is 79.6 Å². The lowest BCUT2D eigenvalue weighted by Gasteiger charge is -2.13. The van der Waals surface area contributed by atoms with Crippen LogP contribution in [-0.4, -0.2) is 15.2 Å². The fourth-order valence-electron chi connectivity index (χ4n) is 3.19. The molecule has 0 bridgehead atoms. The van der Waals surface area contributed by atoms with Gasteiger partial charge in [-0.1, -0.05) is 23.7 Å². The largest absolute Gasteiger partial charge is 0.384 e. The second-order valence-electron chi connectivity index (χ2n) is 5.66. The lowest BCUT2D eigenvalue weighted by Crippen LogP contribution is -2.00. The number of anilines is 3. The summed E-state index contributed by atoms with van der Waals surface area (Å²) in [6.45, 7) is 1.93. The van der Waals surface area contributed by atoms with Crippen LogP contribution in [0.4, 0.5) is 17.3 Å². The zero-order valence-electron chi connectivity index (χ0n) is 12.2. The van der Waals surface area contributed by atoms with Crippen molar-refractivity contribution < 1.29 is 0 Å². The molecule has 0 atom stereocenters. The first kappa shape index (κ1) is 13.4. The molecule has 2 heterocycles. The predicted octanol–water partition coefficient (Wildman–Crippen LogP) is 3.73. The summed E-state index contributed by atoms with van der Waals surface area (Å²) in [6, 6.07) is 6.32. The highest BCUT2D eigenvalue weighted by Crippen LogP contribution is 2.36. The molecule has 1 aromatic carbocycles. The predicted molar refractivity (Wildman–Crippen MR) is 89.8 cm³/mol. The monoisotopic (exact) mass is 313 g/mol. The molecule has 1 aliphatic carbocycles. The molecular weight excluding hydrogens is 298 g/mol. The Hall–Kier alpha value is -2.27. The SMILES string of the molecule is Cc1c(Cl)c(Nc2cccc3c2CCC3)nc2n[nH]c(N)c12. The van der Waals surface area contributed by atoms with E-state index in [1.54, 1.807) is 0 Å². The Morgan fingerprint density at radius 1 is 1.32 bits per heavy atom. The van der Waals surface area contributed by atoms with Gasteiger partial charge in [-0.2, -0.15) is 5.10 Å². The number of aromatic nitrogens is 3. The summed E-state index contributed by atoms with van der Waals surface area (Å²) in [5, 5.41) is 11.6. The molecule has 0 amide bonds. The van der Waals surface area contributed by atoms with Gasteiger partial charge in [-0.25, -0.2) is 4.98 Å². The van der Waals surface area contributed by atoms with Crippen LogP contribution < -0.4 is 11.1 Å². The van der Waals surface area contributed by atoms with Crippen LogP contribution >= 0.6 is 11.6 Å². The van der Waals surface area contributed by atoms with Gasteiger partial charge in [0.1, 0.15) is 5.82 Å². The minimum Gasteiger partial charge on any atom is -0.384 e. The number of aryl methyl sites for hydroxylation is 2. The zero-order valence-corrected chi connectivity index (χ0v) is 13.0. The molecule has 0 radical (unpaired) electrons. The van der Waals surface area contributed by atoms with Crippen molar-refractivity contribution in [2.45, 2.75) is 26.2 Å². The van der Waals surface area contributed by atoms with E-state index in [1.165, 1.54) is 17.5 Å². The number of nitrogens with two attached hydrogens (primary N) is 1. The molecule has 0 aliphatic heterocycles. The summed E-state index contributed by atoms with van der Waals surface area (Å²) >= 11 is 6.48. The molecular formula is C16H16ClN5. The van der Waals surface area contributed by atoms with Crippen LogP contribution in [0.2, 0.25) is 5.02 Å². The van der Waals surface area contributed by atoms with Gasteiger partial charge in [0.2, 0.25) is 0 Å². The van der Waals surface area contributed by atoms with Gasteiger partial charge in [0.15, 0.2) is 11.5 Å². The second kappa shape index (κ2) is 4.88. The van der Waals surface area contributed by atoms with Gasteiger partial charge in [0.05, 0.1) is 10.4 Å². The fourth-order valence-corrected chi connectivity index (χ4v) is 3.37. The van der Waals surface area contributed by atoms with Gasteiger partial charge in [0.25, 0.3) is 0 Å². The maximum Gasteiger partial charge on any atom is 0.185 e. The molecule has 0 saturated carbocycles. The van der Waals surface area contributed by atoms with Crippen molar-refractivity contribution in [3.8, 4) is 0 Å². The van der Waals surface area contributed by atoms with E-state index in [2.05, 4.69) is 38.7 Å². The van der Waals surface area contributed by atoms with Crippen LogP contribution in [0.15, 0.2) is 18.2 Å². The van der Waals surface area contributed by atoms with Gasteiger partial charge in [0, 0.05) is 5.69 Å². The van der Waals surface area contributed by atoms with E-state index in [4.69, 9.17) is 17.3 Å². The second-order valence-corrected chi connectivity index (χ2v) is 6.04. The van der Waals surface area contributed by atoms with Crippen molar-refractivity contribution in [1.82, 2.24) is 15.2 Å². The van der Waals surface area contributed by atoms with Crippen molar-refractivity contribution in [2.24, 2.45) is 0 Å². The number of nitrogens with one attached hydrogen (secondary N) is 2. The van der Waals surface area contributed by atoms with Crippen LogP contribution in [0, 0.1) is 6.92 Å². The molecule has 4 rings (SSSR count). The van der Waals surface area contributed by atoms with Gasteiger partial charge in [-0.05, 0) is 48.9 Å². The molecule has 4 N–H and O–H groups in total. The van der Waals surface area contributed by atoms with Gasteiger partial charge in [-0.3, -0.25) is 5.10 Å². The smallest absolute Gasteiger partial charge is 0.185 e. The number of halogens is 1. The maximum atomic E-state index is 6.48. The fraction of sp³-hybridized carbons (Fsp3) is 0.250. The molecule has 0 fully saturated rings. The molecule has 0 saturated heterocycles. The highest BCUT2D eigenvalue weighted by molar-refractivity contribution is 6.35. The number of hydrogen-bond donors (Lipinski definition) is 3. The van der Waals surface area contributed by atoms with Gasteiger partial charge < -0.3 is 11.1 Å². The number of benzene rings is 1. The van der Waals surface area contributed by atoms with Crippen LogP contribution in [-0.2, 0) is 12.8 Å². The molecule has 5 nitrogen and oxygen atoms in total. The lowest BCUT2D eigenvalue weighted by atomic mass is 10.1. The Morgan fingerprint density at radius 3 is 3.05 bits per heavy atom. The third kappa shape index (κ3) is 1.93. The van der Waals surface area contributed by atoms with Gasteiger partial charge in [-0.15, -0.1) is 0 Å². The molecule has 22 heavy (non-hydrogen) atoms. The third-order valence-corrected chi connectivity index (χ3v) is 4.77. The number of pyridine rings is 1. The maximum absolute atomic E-state index is 6.48. The number of aromatic amines is 1. The summed E-state index contributed by atoms with van der Waals surface area (Å²) < 4.78 is 0. The lowest BCUT2D eigenvalue weighted by molar-refractivity contribution is 0.912. The number of nitrogen functional groups attached to an aromatic ring is 1. The zero-order chi connectivity index (χ0) is 15.3. The molecule has 2 aromatic heterocycles. The summed E-state index contributed by atoms with van der Waals surface area (Å²) in [4.78, 5) is 4.51. The summed E-state index contributed by atoms with van der Waals surface area (Å²) in [7, 11) is 0. The molecule has 1 aliphatic rings. The quantitative estimate of drug-likeness (QED) is 0.673.